The van der Waals surface area contributed by atoms with Crippen LogP contribution in [0.5, 0.6) is 0 Å². The van der Waals surface area contributed by atoms with Gasteiger partial charge in [0.2, 0.25) is 10.0 Å². The average Bonchev–Trinajstić information content (AvgIpc) is 2.70. The molecule has 8 heteroatoms. The van der Waals surface area contributed by atoms with Gasteiger partial charge in [0.15, 0.2) is 0 Å². The highest BCUT2D eigenvalue weighted by molar-refractivity contribution is 7.89. The quantitative estimate of drug-likeness (QED) is 0.644. The van der Waals surface area contributed by atoms with Crippen molar-refractivity contribution >= 4 is 15.9 Å². The predicted molar refractivity (Wildman–Crippen MR) is 65.7 cm³/mol. The van der Waals surface area contributed by atoms with Gasteiger partial charge in [0, 0.05) is 26.3 Å². The van der Waals surface area contributed by atoms with Crippen molar-refractivity contribution in [2.24, 2.45) is 7.05 Å². The van der Waals surface area contributed by atoms with Crippen molar-refractivity contribution in [1.29, 1.82) is 0 Å². The summed E-state index contributed by atoms with van der Waals surface area (Å²) in [6.45, 7) is 1.24. The van der Waals surface area contributed by atoms with Crippen LogP contribution in [0.15, 0.2) is 17.2 Å². The van der Waals surface area contributed by atoms with Crippen LogP contribution in [0, 0.1) is 0 Å². The topological polar surface area (TPSA) is 100 Å². The second-order valence-electron chi connectivity index (χ2n) is 3.96. The summed E-state index contributed by atoms with van der Waals surface area (Å²) < 4.78 is 27.5. The summed E-state index contributed by atoms with van der Waals surface area (Å²) in [5.41, 5.74) is 0.245. The van der Waals surface area contributed by atoms with E-state index in [2.05, 4.69) is 10.0 Å². The van der Waals surface area contributed by atoms with Crippen LogP contribution >= 0.6 is 0 Å². The maximum absolute atomic E-state index is 11.9. The van der Waals surface area contributed by atoms with Gasteiger partial charge < -0.3 is 15.0 Å². The average molecular weight is 275 g/mol. The lowest BCUT2D eigenvalue weighted by Gasteiger charge is -2.09. The van der Waals surface area contributed by atoms with Gasteiger partial charge in [-0.3, -0.25) is 4.79 Å². The highest BCUT2D eigenvalue weighted by atomic mass is 32.2. The fraction of sp³-hybridized carbons (Fsp3) is 0.500. The van der Waals surface area contributed by atoms with Gasteiger partial charge in [-0.05, 0) is 13.0 Å². The molecule has 1 rings (SSSR count). The minimum absolute atomic E-state index is 0.0103. The van der Waals surface area contributed by atoms with Crippen molar-refractivity contribution in [2.75, 3.05) is 13.7 Å². The van der Waals surface area contributed by atoms with Gasteiger partial charge >= 0.3 is 0 Å². The molecular formula is C10H17N3O4S. The SMILES string of the molecule is CNC(=O)c1cc(S(=O)(=O)N[C@@H](C)CO)cn1C. The Kier molecular flexibility index (Phi) is 4.49. The summed E-state index contributed by atoms with van der Waals surface area (Å²) in [7, 11) is -0.676. The molecule has 1 aromatic rings. The van der Waals surface area contributed by atoms with E-state index in [1.807, 2.05) is 0 Å². The first-order chi connectivity index (χ1) is 8.31. The first kappa shape index (κ1) is 14.7. The number of sulfonamides is 1. The molecule has 1 aromatic heterocycles. The van der Waals surface area contributed by atoms with Crippen molar-refractivity contribution < 1.29 is 18.3 Å². The molecule has 7 nitrogen and oxygen atoms in total. The fourth-order valence-electron chi connectivity index (χ4n) is 1.41. The van der Waals surface area contributed by atoms with Gasteiger partial charge in [0.1, 0.15) is 10.6 Å². The number of carbonyl (C=O) groups is 1. The Balaban J connectivity index is 3.08. The molecule has 1 heterocycles. The Morgan fingerprint density at radius 2 is 2.17 bits per heavy atom. The minimum atomic E-state index is -3.73. The molecule has 0 aliphatic heterocycles. The number of aromatic nitrogens is 1. The number of rotatable bonds is 5. The minimum Gasteiger partial charge on any atom is -0.395 e. The molecule has 0 fully saturated rings. The number of carbonyl (C=O) groups excluding carboxylic acids is 1. The Labute approximate surface area is 106 Å². The summed E-state index contributed by atoms with van der Waals surface area (Å²) in [5.74, 6) is -0.367. The first-order valence-corrected chi connectivity index (χ1v) is 6.81. The number of nitrogens with one attached hydrogen (secondary N) is 2. The van der Waals surface area contributed by atoms with Crippen LogP contribution in [-0.2, 0) is 17.1 Å². The second-order valence-corrected chi connectivity index (χ2v) is 5.67. The molecule has 0 bridgehead atoms. The van der Waals surface area contributed by atoms with E-state index in [0.29, 0.717) is 0 Å². The Bertz CT molecular complexity index is 535. The van der Waals surface area contributed by atoms with E-state index in [1.165, 1.54) is 23.9 Å². The third kappa shape index (κ3) is 3.09. The van der Waals surface area contributed by atoms with Crippen LogP contribution in [-0.4, -0.2) is 43.7 Å². The smallest absolute Gasteiger partial charge is 0.267 e. The van der Waals surface area contributed by atoms with E-state index < -0.39 is 16.1 Å². The molecule has 1 atom stereocenters. The number of hydrogen-bond donors (Lipinski definition) is 3. The van der Waals surface area contributed by atoms with Crippen LogP contribution in [0.2, 0.25) is 0 Å². The van der Waals surface area contributed by atoms with Crippen molar-refractivity contribution in [3.63, 3.8) is 0 Å². The molecule has 1 amide bonds. The number of aryl methyl sites for hydroxylation is 1. The third-order valence-corrected chi connectivity index (χ3v) is 3.94. The first-order valence-electron chi connectivity index (χ1n) is 5.33. The van der Waals surface area contributed by atoms with Crippen molar-refractivity contribution in [3.8, 4) is 0 Å². The van der Waals surface area contributed by atoms with Crippen molar-refractivity contribution in [2.45, 2.75) is 17.9 Å². The van der Waals surface area contributed by atoms with Crippen molar-refractivity contribution in [1.82, 2.24) is 14.6 Å². The van der Waals surface area contributed by atoms with E-state index in [0.717, 1.165) is 0 Å². The Hall–Kier alpha value is -1.38. The van der Waals surface area contributed by atoms with Crippen LogP contribution < -0.4 is 10.0 Å². The lowest BCUT2D eigenvalue weighted by Crippen LogP contribution is -2.34. The number of amides is 1. The van der Waals surface area contributed by atoms with E-state index in [9.17, 15) is 13.2 Å². The van der Waals surface area contributed by atoms with Gasteiger partial charge in [-0.15, -0.1) is 0 Å². The number of nitrogens with zero attached hydrogens (tertiary/aromatic N) is 1. The zero-order valence-corrected chi connectivity index (χ0v) is 11.3. The lowest BCUT2D eigenvalue weighted by atomic mass is 10.4. The standard InChI is InChI=1S/C10H17N3O4S/c1-7(6-14)12-18(16,17)8-4-9(10(15)11-2)13(3)5-8/h4-5,7,12,14H,6H2,1-3H3,(H,11,15)/t7-/m0/s1. The summed E-state index contributed by atoms with van der Waals surface area (Å²) in [4.78, 5) is 11.5. The zero-order chi connectivity index (χ0) is 13.9. The molecule has 0 aliphatic carbocycles. The number of aliphatic hydroxyl groups excluding tert-OH is 1. The van der Waals surface area contributed by atoms with Crippen LogP contribution in [0.3, 0.4) is 0 Å². The molecule has 3 N–H and O–H groups in total. The largest absolute Gasteiger partial charge is 0.395 e. The lowest BCUT2D eigenvalue weighted by molar-refractivity contribution is 0.0955. The van der Waals surface area contributed by atoms with Crippen LogP contribution in [0.1, 0.15) is 17.4 Å². The van der Waals surface area contributed by atoms with Gasteiger partial charge in [-0.25, -0.2) is 13.1 Å². The van der Waals surface area contributed by atoms with E-state index >= 15 is 0 Å². The second kappa shape index (κ2) is 5.51. The molecule has 0 radical (unpaired) electrons. The fourth-order valence-corrected chi connectivity index (χ4v) is 2.71. The number of hydrogen-bond acceptors (Lipinski definition) is 4. The molecular weight excluding hydrogens is 258 g/mol. The molecule has 18 heavy (non-hydrogen) atoms. The third-order valence-electron chi connectivity index (χ3n) is 2.38. The van der Waals surface area contributed by atoms with Crippen molar-refractivity contribution in [3.05, 3.63) is 18.0 Å². The van der Waals surface area contributed by atoms with Gasteiger partial charge in [0.05, 0.1) is 6.61 Å². The molecule has 102 valence electrons. The number of aliphatic hydroxyl groups is 1. The summed E-state index contributed by atoms with van der Waals surface area (Å²) >= 11 is 0. The van der Waals surface area contributed by atoms with Gasteiger partial charge in [-0.2, -0.15) is 0 Å². The Morgan fingerprint density at radius 1 is 1.56 bits per heavy atom. The van der Waals surface area contributed by atoms with E-state index in [-0.39, 0.29) is 23.1 Å². The maximum atomic E-state index is 11.9. The highest BCUT2D eigenvalue weighted by Gasteiger charge is 2.21. The highest BCUT2D eigenvalue weighted by Crippen LogP contribution is 2.13. The summed E-state index contributed by atoms with van der Waals surface area (Å²) in [6, 6.07) is 0.698. The summed E-state index contributed by atoms with van der Waals surface area (Å²) in [5, 5.41) is 11.3. The van der Waals surface area contributed by atoms with E-state index in [4.69, 9.17) is 5.11 Å². The van der Waals surface area contributed by atoms with E-state index in [1.54, 1.807) is 14.0 Å². The monoisotopic (exact) mass is 275 g/mol. The van der Waals surface area contributed by atoms with Gasteiger partial charge in [0.25, 0.3) is 5.91 Å². The molecule has 0 aliphatic rings. The van der Waals surface area contributed by atoms with Crippen LogP contribution in [0.25, 0.3) is 0 Å². The van der Waals surface area contributed by atoms with Crippen LogP contribution in [0.4, 0.5) is 0 Å². The molecule has 0 saturated carbocycles. The molecule has 0 saturated heterocycles. The summed E-state index contributed by atoms with van der Waals surface area (Å²) in [6.07, 6.45) is 1.34. The Morgan fingerprint density at radius 3 is 2.67 bits per heavy atom. The zero-order valence-electron chi connectivity index (χ0n) is 10.5. The molecule has 0 unspecified atom stereocenters. The predicted octanol–water partition coefficient (Wildman–Crippen LogP) is -0.956. The van der Waals surface area contributed by atoms with Gasteiger partial charge in [-0.1, -0.05) is 0 Å². The molecule has 0 spiro atoms. The maximum Gasteiger partial charge on any atom is 0.267 e. The molecule has 0 aromatic carbocycles. The normalized spacial score (nSPS) is 13.3.